The summed E-state index contributed by atoms with van der Waals surface area (Å²) in [4.78, 5) is 10.9. The van der Waals surface area contributed by atoms with Gasteiger partial charge < -0.3 is 0 Å². The van der Waals surface area contributed by atoms with Gasteiger partial charge in [-0.2, -0.15) is 8.42 Å². The summed E-state index contributed by atoms with van der Waals surface area (Å²) < 4.78 is 30.9. The second kappa shape index (κ2) is 4.85. The Hall–Kier alpha value is -1.40. The maximum atomic E-state index is 11.0. The van der Waals surface area contributed by atoms with Crippen molar-refractivity contribution in [2.75, 3.05) is 0 Å². The summed E-state index contributed by atoms with van der Waals surface area (Å²) >= 11 is 0. The van der Waals surface area contributed by atoms with Gasteiger partial charge in [0.15, 0.2) is 5.25 Å². The summed E-state index contributed by atoms with van der Waals surface area (Å²) in [6.07, 6.45) is 0. The van der Waals surface area contributed by atoms with Crippen LogP contribution in [0.3, 0.4) is 0 Å². The summed E-state index contributed by atoms with van der Waals surface area (Å²) in [5.74, 6) is -1.07. The molecule has 0 aliphatic heterocycles. The highest BCUT2D eigenvalue weighted by Gasteiger charge is 2.31. The highest BCUT2D eigenvalue weighted by Crippen LogP contribution is 2.23. The van der Waals surface area contributed by atoms with E-state index in [1.807, 2.05) is 13.8 Å². The second-order valence-corrected chi connectivity index (χ2v) is 5.58. The first kappa shape index (κ1) is 13.7. The van der Waals surface area contributed by atoms with E-state index in [2.05, 4.69) is 0 Å². The summed E-state index contributed by atoms with van der Waals surface area (Å²) in [5, 5.41) is -1.82. The van der Waals surface area contributed by atoms with Crippen molar-refractivity contribution in [3.8, 4) is 0 Å². The fraction of sp³-hybridized carbons (Fsp3) is 0.364. The van der Waals surface area contributed by atoms with Gasteiger partial charge >= 0.3 is 0 Å². The van der Waals surface area contributed by atoms with Crippen molar-refractivity contribution in [3.05, 3.63) is 35.4 Å². The van der Waals surface area contributed by atoms with Gasteiger partial charge in [0, 0.05) is 0 Å². The molecule has 1 aromatic rings. The Labute approximate surface area is 100 Å². The number of benzene rings is 1. The molecule has 0 aliphatic carbocycles. The van der Waals surface area contributed by atoms with Crippen LogP contribution in [0.5, 0.6) is 0 Å². The minimum Gasteiger partial charge on any atom is -0.285 e. The molecule has 1 atom stereocenters. The summed E-state index contributed by atoms with van der Waals surface area (Å²) in [7, 11) is -4.59. The lowest BCUT2D eigenvalue weighted by molar-refractivity contribution is -0.118. The van der Waals surface area contributed by atoms with E-state index in [9.17, 15) is 13.2 Å². The highest BCUT2D eigenvalue weighted by atomic mass is 32.2. The zero-order valence-corrected chi connectivity index (χ0v) is 10.4. The molecule has 1 amide bonds. The molecule has 2 N–H and O–H groups in total. The highest BCUT2D eigenvalue weighted by molar-refractivity contribution is 7.86. The summed E-state index contributed by atoms with van der Waals surface area (Å²) in [6, 6.07) is 6.25. The number of amides is 1. The number of hydrogen-bond donors (Lipinski definition) is 1. The van der Waals surface area contributed by atoms with Crippen LogP contribution in [0.1, 0.15) is 36.1 Å². The standard InChI is InChI=1S/C11H14NO4S/c1-7(2)8-3-5-9(6-4-8)10(11(12)13)17(14,15)16/h3-7,10,12H,1-2H3,(H,14,15,16). The zero-order valence-electron chi connectivity index (χ0n) is 9.54. The van der Waals surface area contributed by atoms with E-state index in [1.165, 1.54) is 12.1 Å². The van der Waals surface area contributed by atoms with Crippen LogP contribution in [0.2, 0.25) is 0 Å². The van der Waals surface area contributed by atoms with E-state index in [1.54, 1.807) is 12.1 Å². The third-order valence-electron chi connectivity index (χ3n) is 2.44. The molecule has 0 saturated carbocycles. The van der Waals surface area contributed by atoms with Gasteiger partial charge in [0.1, 0.15) is 0 Å². The Kier molecular flexibility index (Phi) is 3.90. The van der Waals surface area contributed by atoms with Gasteiger partial charge in [-0.15, -0.1) is 0 Å². The molecular formula is C11H14NO4S. The lowest BCUT2D eigenvalue weighted by Crippen LogP contribution is -2.22. The van der Waals surface area contributed by atoms with E-state index < -0.39 is 21.3 Å². The number of carbonyl (C=O) groups excluding carboxylic acids is 1. The van der Waals surface area contributed by atoms with Gasteiger partial charge in [0.2, 0.25) is 0 Å². The van der Waals surface area contributed by atoms with Crippen molar-refractivity contribution in [2.45, 2.75) is 25.0 Å². The van der Waals surface area contributed by atoms with Gasteiger partial charge in [0.25, 0.3) is 16.0 Å². The molecule has 1 radical (unpaired) electrons. The second-order valence-electron chi connectivity index (χ2n) is 4.08. The van der Waals surface area contributed by atoms with Gasteiger partial charge in [0.05, 0.1) is 0 Å². The van der Waals surface area contributed by atoms with Crippen molar-refractivity contribution in [1.82, 2.24) is 5.73 Å². The SMILES string of the molecule is CC(C)c1ccc(C(C([NH])=O)S(=O)(=O)O)cc1. The molecule has 0 bridgehead atoms. The average molecular weight is 256 g/mol. The van der Waals surface area contributed by atoms with Gasteiger partial charge in [-0.05, 0) is 17.0 Å². The Bertz CT molecular complexity index is 505. The molecule has 1 aromatic carbocycles. The number of carbonyl (C=O) groups is 1. The first-order valence-corrected chi connectivity index (χ1v) is 6.55. The Morgan fingerprint density at radius 1 is 1.18 bits per heavy atom. The van der Waals surface area contributed by atoms with Crippen LogP contribution in [-0.4, -0.2) is 18.9 Å². The van der Waals surface area contributed by atoms with Crippen LogP contribution >= 0.6 is 0 Å². The van der Waals surface area contributed by atoms with Crippen molar-refractivity contribution < 1.29 is 17.8 Å². The molecule has 1 unspecified atom stereocenters. The van der Waals surface area contributed by atoms with Gasteiger partial charge in [-0.25, -0.2) is 0 Å². The van der Waals surface area contributed by atoms with E-state index in [0.717, 1.165) is 5.56 Å². The predicted octanol–water partition coefficient (Wildman–Crippen LogP) is 1.55. The van der Waals surface area contributed by atoms with Crippen LogP contribution in [0.25, 0.3) is 0 Å². The number of nitrogens with one attached hydrogen (secondary N) is 1. The van der Waals surface area contributed by atoms with Gasteiger partial charge in [-0.1, -0.05) is 38.1 Å². The lowest BCUT2D eigenvalue weighted by Gasteiger charge is -2.11. The smallest absolute Gasteiger partial charge is 0.281 e. The Balaban J connectivity index is 3.18. The molecule has 0 spiro atoms. The normalized spacial score (nSPS) is 13.6. The molecule has 0 fully saturated rings. The van der Waals surface area contributed by atoms with Crippen LogP contribution in [0.15, 0.2) is 24.3 Å². The van der Waals surface area contributed by atoms with Crippen molar-refractivity contribution in [1.29, 1.82) is 0 Å². The molecular weight excluding hydrogens is 242 g/mol. The van der Waals surface area contributed by atoms with Crippen molar-refractivity contribution in [2.24, 2.45) is 0 Å². The maximum Gasteiger partial charge on any atom is 0.281 e. The Morgan fingerprint density at radius 3 is 1.88 bits per heavy atom. The minimum atomic E-state index is -4.59. The molecule has 1 rings (SSSR count). The minimum absolute atomic E-state index is 0.108. The zero-order chi connectivity index (χ0) is 13.2. The summed E-state index contributed by atoms with van der Waals surface area (Å²) in [6.45, 7) is 3.95. The van der Waals surface area contributed by atoms with Gasteiger partial charge in [-0.3, -0.25) is 15.1 Å². The van der Waals surface area contributed by atoms with Crippen LogP contribution in [0.4, 0.5) is 0 Å². The van der Waals surface area contributed by atoms with E-state index in [4.69, 9.17) is 10.3 Å². The predicted molar refractivity (Wildman–Crippen MR) is 62.9 cm³/mol. The van der Waals surface area contributed by atoms with E-state index >= 15 is 0 Å². The number of rotatable bonds is 4. The molecule has 93 valence electrons. The fourth-order valence-corrected chi connectivity index (χ4v) is 2.29. The quantitative estimate of drug-likeness (QED) is 0.826. The molecule has 0 aromatic heterocycles. The van der Waals surface area contributed by atoms with Crippen LogP contribution < -0.4 is 5.73 Å². The molecule has 0 heterocycles. The molecule has 0 aliphatic rings. The third-order valence-corrected chi connectivity index (χ3v) is 3.52. The van der Waals surface area contributed by atoms with E-state index in [0.29, 0.717) is 0 Å². The van der Waals surface area contributed by atoms with Crippen LogP contribution in [-0.2, 0) is 14.9 Å². The van der Waals surface area contributed by atoms with Crippen molar-refractivity contribution in [3.63, 3.8) is 0 Å². The summed E-state index contributed by atoms with van der Waals surface area (Å²) in [5.41, 5.74) is 7.98. The lowest BCUT2D eigenvalue weighted by atomic mass is 10.0. The molecule has 17 heavy (non-hydrogen) atoms. The average Bonchev–Trinajstić information content (AvgIpc) is 2.15. The topological polar surface area (TPSA) is 95.2 Å². The molecule has 0 saturated heterocycles. The first-order chi connectivity index (χ1) is 7.73. The monoisotopic (exact) mass is 256 g/mol. The third kappa shape index (κ3) is 3.28. The van der Waals surface area contributed by atoms with Crippen molar-refractivity contribution >= 4 is 16.0 Å². The maximum absolute atomic E-state index is 11.0. The number of hydrogen-bond acceptors (Lipinski definition) is 3. The van der Waals surface area contributed by atoms with Crippen LogP contribution in [0, 0.1) is 0 Å². The largest absolute Gasteiger partial charge is 0.285 e. The fourth-order valence-electron chi connectivity index (χ4n) is 1.51. The molecule has 6 heteroatoms. The Morgan fingerprint density at radius 2 is 1.59 bits per heavy atom. The molecule has 5 nitrogen and oxygen atoms in total. The first-order valence-electron chi connectivity index (χ1n) is 5.05. The van der Waals surface area contributed by atoms with E-state index in [-0.39, 0.29) is 11.5 Å².